The van der Waals surface area contributed by atoms with Gasteiger partial charge in [0.1, 0.15) is 5.60 Å². The molecule has 1 atom stereocenters. The zero-order chi connectivity index (χ0) is 26.0. The number of cyclic esters (lactones) is 1. The molecule has 2 aliphatic rings. The fourth-order valence-corrected chi connectivity index (χ4v) is 5.37. The van der Waals surface area contributed by atoms with E-state index in [0.717, 1.165) is 40.7 Å². The average molecular weight is 501 g/mol. The second kappa shape index (κ2) is 10.2. The summed E-state index contributed by atoms with van der Waals surface area (Å²) in [6.45, 7) is 4.64. The first-order chi connectivity index (χ1) is 17.7. The normalized spacial score (nSPS) is 20.1. The molecule has 0 spiro atoms. The zero-order valence-corrected chi connectivity index (χ0v) is 21.7. The maximum absolute atomic E-state index is 13.1. The molecular formula is C31H36N2O4. The van der Waals surface area contributed by atoms with Crippen LogP contribution in [0.2, 0.25) is 0 Å². The van der Waals surface area contributed by atoms with Crippen LogP contribution in [0, 0.1) is 5.92 Å². The van der Waals surface area contributed by atoms with Gasteiger partial charge in [-0.2, -0.15) is 0 Å². The van der Waals surface area contributed by atoms with Crippen LogP contribution in [-0.2, 0) is 23.2 Å². The number of aliphatic hydroxyl groups is 1. The number of benzene rings is 2. The molecular weight excluding hydrogens is 464 g/mol. The van der Waals surface area contributed by atoms with Gasteiger partial charge in [-0.1, -0.05) is 54.6 Å². The lowest BCUT2D eigenvalue weighted by Gasteiger charge is -2.44. The van der Waals surface area contributed by atoms with Gasteiger partial charge < -0.3 is 19.7 Å². The third kappa shape index (κ3) is 6.13. The van der Waals surface area contributed by atoms with Gasteiger partial charge in [0, 0.05) is 37.7 Å². The van der Waals surface area contributed by atoms with Crippen LogP contribution in [0.25, 0.3) is 11.1 Å². The van der Waals surface area contributed by atoms with E-state index in [1.807, 2.05) is 36.4 Å². The molecule has 37 heavy (non-hydrogen) atoms. The van der Waals surface area contributed by atoms with Gasteiger partial charge in [0.2, 0.25) is 0 Å². The Morgan fingerprint density at radius 3 is 2.43 bits per heavy atom. The molecule has 1 aromatic heterocycles. The lowest BCUT2D eigenvalue weighted by atomic mass is 9.80. The summed E-state index contributed by atoms with van der Waals surface area (Å²) >= 11 is 0. The SMILES string of the molecule is CC(C)(O)C[C@]1(c2ccccc2)CCN(CCc2ccc(-c3c[nH]c(=O)c(CC4CC4)c3)cc2)C(=O)O1. The minimum atomic E-state index is -0.968. The highest BCUT2D eigenvalue weighted by molar-refractivity contribution is 5.69. The van der Waals surface area contributed by atoms with Crippen molar-refractivity contribution in [2.24, 2.45) is 5.92 Å². The lowest BCUT2D eigenvalue weighted by molar-refractivity contribution is -0.0960. The minimum absolute atomic E-state index is 0.0134. The monoisotopic (exact) mass is 500 g/mol. The summed E-state index contributed by atoms with van der Waals surface area (Å²) in [6.07, 6.45) is 6.42. The zero-order valence-electron chi connectivity index (χ0n) is 21.7. The summed E-state index contributed by atoms with van der Waals surface area (Å²) in [5, 5.41) is 10.6. The topological polar surface area (TPSA) is 82.6 Å². The third-order valence-electron chi connectivity index (χ3n) is 7.49. The number of nitrogens with one attached hydrogen (secondary N) is 1. The van der Waals surface area contributed by atoms with E-state index in [1.54, 1.807) is 24.9 Å². The predicted molar refractivity (Wildman–Crippen MR) is 144 cm³/mol. The molecule has 5 rings (SSSR count). The summed E-state index contributed by atoms with van der Waals surface area (Å²) < 4.78 is 6.06. The lowest BCUT2D eigenvalue weighted by Crippen LogP contribution is -2.51. The number of hydrogen-bond donors (Lipinski definition) is 2. The Morgan fingerprint density at radius 1 is 1.05 bits per heavy atom. The number of pyridine rings is 1. The molecule has 0 unspecified atom stereocenters. The minimum Gasteiger partial charge on any atom is -0.438 e. The second-order valence-electron chi connectivity index (χ2n) is 11.3. The predicted octanol–water partition coefficient (Wildman–Crippen LogP) is 5.44. The van der Waals surface area contributed by atoms with E-state index < -0.39 is 11.2 Å². The first kappa shape index (κ1) is 25.3. The quantitative estimate of drug-likeness (QED) is 0.410. The average Bonchev–Trinajstić information content (AvgIpc) is 3.69. The molecule has 1 amide bonds. The molecule has 0 bridgehead atoms. The second-order valence-corrected chi connectivity index (χ2v) is 11.3. The maximum Gasteiger partial charge on any atom is 0.410 e. The van der Waals surface area contributed by atoms with Gasteiger partial charge in [-0.25, -0.2) is 4.79 Å². The molecule has 6 heteroatoms. The Labute approximate surface area is 218 Å². The first-order valence-electron chi connectivity index (χ1n) is 13.3. The molecule has 2 heterocycles. The van der Waals surface area contributed by atoms with E-state index in [-0.39, 0.29) is 11.7 Å². The van der Waals surface area contributed by atoms with Gasteiger partial charge in [0.05, 0.1) is 5.60 Å². The Balaban J connectivity index is 1.22. The van der Waals surface area contributed by atoms with E-state index in [2.05, 4.69) is 29.2 Å². The first-order valence-corrected chi connectivity index (χ1v) is 13.3. The summed E-state index contributed by atoms with van der Waals surface area (Å²) in [6, 6.07) is 20.1. The number of amides is 1. The number of aromatic nitrogens is 1. The van der Waals surface area contributed by atoms with Gasteiger partial charge in [-0.05, 0) is 73.8 Å². The number of H-pyrrole nitrogens is 1. The molecule has 2 N–H and O–H groups in total. The van der Waals surface area contributed by atoms with E-state index in [9.17, 15) is 14.7 Å². The highest BCUT2D eigenvalue weighted by Crippen LogP contribution is 2.40. The van der Waals surface area contributed by atoms with Crippen molar-refractivity contribution in [1.29, 1.82) is 0 Å². The fourth-order valence-electron chi connectivity index (χ4n) is 5.37. The van der Waals surface area contributed by atoms with Crippen molar-refractivity contribution >= 4 is 6.09 Å². The number of nitrogens with zero attached hydrogens (tertiary/aromatic N) is 1. The maximum atomic E-state index is 13.1. The largest absolute Gasteiger partial charge is 0.438 e. The highest BCUT2D eigenvalue weighted by atomic mass is 16.6. The van der Waals surface area contributed by atoms with Crippen LogP contribution < -0.4 is 5.56 Å². The Kier molecular flexibility index (Phi) is 6.95. The molecule has 6 nitrogen and oxygen atoms in total. The number of rotatable bonds is 9. The van der Waals surface area contributed by atoms with Gasteiger partial charge in [-0.15, -0.1) is 0 Å². The van der Waals surface area contributed by atoms with E-state index in [0.29, 0.717) is 31.8 Å². The van der Waals surface area contributed by atoms with Gasteiger partial charge in [0.25, 0.3) is 5.56 Å². The van der Waals surface area contributed by atoms with Gasteiger partial charge >= 0.3 is 6.09 Å². The molecule has 0 radical (unpaired) electrons. The third-order valence-corrected chi connectivity index (χ3v) is 7.49. The van der Waals surface area contributed by atoms with E-state index in [1.165, 1.54) is 12.8 Å². The molecule has 194 valence electrons. The standard InChI is InChI=1S/C31H36N2O4/c1-30(2,36)21-31(27-6-4-3-5-7-27)15-17-33(29(35)37-31)16-14-22-10-12-24(13-11-22)26-19-25(18-23-8-9-23)28(34)32-20-26/h3-7,10-13,19-20,23,36H,8-9,14-18,21H2,1-2H3,(H,32,34)/t31-/m0/s1. The smallest absolute Gasteiger partial charge is 0.410 e. The summed E-state index contributed by atoms with van der Waals surface area (Å²) in [5.74, 6) is 0.660. The molecule has 3 aromatic rings. The van der Waals surface area contributed by atoms with Crippen molar-refractivity contribution < 1.29 is 14.6 Å². The van der Waals surface area contributed by atoms with Crippen molar-refractivity contribution in [3.05, 3.63) is 93.9 Å². The van der Waals surface area contributed by atoms with Crippen molar-refractivity contribution in [3.8, 4) is 11.1 Å². The Hall–Kier alpha value is -3.38. The number of aromatic amines is 1. The molecule has 2 fully saturated rings. The Bertz CT molecular complexity index is 1290. The number of carbonyl (C=O) groups is 1. The van der Waals surface area contributed by atoms with Crippen LogP contribution in [0.5, 0.6) is 0 Å². The van der Waals surface area contributed by atoms with Crippen LogP contribution in [-0.4, -0.2) is 39.8 Å². The van der Waals surface area contributed by atoms with Crippen LogP contribution in [0.1, 0.15) is 56.2 Å². The molecule has 2 aromatic carbocycles. The van der Waals surface area contributed by atoms with Crippen molar-refractivity contribution in [2.45, 2.75) is 63.6 Å². The van der Waals surface area contributed by atoms with Crippen LogP contribution in [0.4, 0.5) is 4.79 Å². The van der Waals surface area contributed by atoms with E-state index >= 15 is 0 Å². The number of carbonyl (C=O) groups excluding carboxylic acids is 1. The summed E-state index contributed by atoms with van der Waals surface area (Å²) in [4.78, 5) is 29.9. The molecule has 1 aliphatic heterocycles. The fraction of sp³-hybridized carbons (Fsp3) is 0.419. The highest BCUT2D eigenvalue weighted by Gasteiger charge is 2.45. The number of ether oxygens (including phenoxy) is 1. The molecule has 1 aliphatic carbocycles. The van der Waals surface area contributed by atoms with Crippen molar-refractivity contribution in [2.75, 3.05) is 13.1 Å². The van der Waals surface area contributed by atoms with Gasteiger partial charge in [0.15, 0.2) is 0 Å². The van der Waals surface area contributed by atoms with Crippen molar-refractivity contribution in [1.82, 2.24) is 9.88 Å². The van der Waals surface area contributed by atoms with E-state index in [4.69, 9.17) is 4.74 Å². The summed E-state index contributed by atoms with van der Waals surface area (Å²) in [7, 11) is 0. The summed E-state index contributed by atoms with van der Waals surface area (Å²) in [5.41, 5.74) is 3.22. The van der Waals surface area contributed by atoms with Crippen LogP contribution in [0.3, 0.4) is 0 Å². The molecule has 1 saturated heterocycles. The van der Waals surface area contributed by atoms with Crippen molar-refractivity contribution in [3.63, 3.8) is 0 Å². The molecule has 1 saturated carbocycles. The number of hydrogen-bond acceptors (Lipinski definition) is 4. The van der Waals surface area contributed by atoms with Gasteiger partial charge in [-0.3, -0.25) is 4.79 Å². The van der Waals surface area contributed by atoms with Crippen LogP contribution in [0.15, 0.2) is 71.7 Å². The Morgan fingerprint density at radius 2 is 1.78 bits per heavy atom. The van der Waals surface area contributed by atoms with Crippen LogP contribution >= 0.6 is 0 Å².